The Hall–Kier alpha value is -1.03. The minimum atomic E-state index is 0.0170. The van der Waals surface area contributed by atoms with Crippen LogP contribution in [0.4, 0.5) is 4.79 Å². The van der Waals surface area contributed by atoms with Crippen molar-refractivity contribution in [3.8, 4) is 0 Å². The number of hydrogen-bond donors (Lipinski definition) is 1. The molecule has 1 N–H and O–H groups in total. The maximum atomic E-state index is 11.5. The van der Waals surface area contributed by atoms with Crippen molar-refractivity contribution in [2.24, 2.45) is 0 Å². The van der Waals surface area contributed by atoms with E-state index in [1.807, 2.05) is 31.4 Å². The predicted molar refractivity (Wildman–Crippen MR) is 59.5 cm³/mol. The van der Waals surface area contributed by atoms with Gasteiger partial charge in [-0.3, -0.25) is 0 Å². The summed E-state index contributed by atoms with van der Waals surface area (Å²) in [6.07, 6.45) is 0. The van der Waals surface area contributed by atoms with E-state index in [2.05, 4.69) is 5.32 Å². The van der Waals surface area contributed by atoms with Gasteiger partial charge in [0.15, 0.2) is 0 Å². The second kappa shape index (κ2) is 5.65. The van der Waals surface area contributed by atoms with Crippen LogP contribution in [-0.2, 0) is 6.54 Å². The Morgan fingerprint density at radius 2 is 2.21 bits per heavy atom. The van der Waals surface area contributed by atoms with Gasteiger partial charge in [0.25, 0.3) is 0 Å². The topological polar surface area (TPSA) is 32.3 Å². The minimum Gasteiger partial charge on any atom is -0.333 e. The lowest BCUT2D eigenvalue weighted by Crippen LogP contribution is -2.39. The molecule has 1 aromatic heterocycles. The van der Waals surface area contributed by atoms with Crippen LogP contribution in [0.2, 0.25) is 0 Å². The van der Waals surface area contributed by atoms with Crippen LogP contribution in [0.25, 0.3) is 0 Å². The van der Waals surface area contributed by atoms with E-state index in [1.54, 1.807) is 16.2 Å². The summed E-state index contributed by atoms with van der Waals surface area (Å²) >= 11 is 1.66. The lowest BCUT2D eigenvalue weighted by Gasteiger charge is -2.18. The molecule has 2 amide bonds. The molecular formula is C10H16N2OS. The fraction of sp³-hybridized carbons (Fsp3) is 0.500. The van der Waals surface area contributed by atoms with E-state index in [0.29, 0.717) is 6.54 Å². The van der Waals surface area contributed by atoms with E-state index < -0.39 is 0 Å². The van der Waals surface area contributed by atoms with Crippen LogP contribution in [0.5, 0.6) is 0 Å². The zero-order valence-electron chi connectivity index (χ0n) is 8.62. The molecule has 0 aliphatic heterocycles. The number of amides is 2. The van der Waals surface area contributed by atoms with Gasteiger partial charge in [-0.2, -0.15) is 0 Å². The summed E-state index contributed by atoms with van der Waals surface area (Å²) in [6, 6.07) is 4.03. The molecule has 14 heavy (non-hydrogen) atoms. The highest BCUT2D eigenvalue weighted by Gasteiger charge is 2.07. The molecule has 1 aromatic rings. The number of urea groups is 1. The molecule has 0 radical (unpaired) electrons. The first kappa shape index (κ1) is 11.0. The monoisotopic (exact) mass is 212 g/mol. The first-order valence-electron chi connectivity index (χ1n) is 4.83. The van der Waals surface area contributed by atoms with Crippen molar-refractivity contribution in [3.63, 3.8) is 0 Å². The van der Waals surface area contributed by atoms with E-state index >= 15 is 0 Å². The summed E-state index contributed by atoms with van der Waals surface area (Å²) < 4.78 is 0. The van der Waals surface area contributed by atoms with Crippen LogP contribution in [0, 0.1) is 0 Å². The van der Waals surface area contributed by atoms with Crippen molar-refractivity contribution in [2.75, 3.05) is 13.1 Å². The van der Waals surface area contributed by atoms with Crippen LogP contribution in [0.3, 0.4) is 0 Å². The fourth-order valence-corrected chi connectivity index (χ4v) is 1.84. The third kappa shape index (κ3) is 3.03. The Labute approximate surface area is 88.7 Å². The van der Waals surface area contributed by atoms with E-state index in [4.69, 9.17) is 0 Å². The second-order valence-electron chi connectivity index (χ2n) is 2.91. The molecule has 1 rings (SSSR count). The fourth-order valence-electron chi connectivity index (χ4n) is 1.20. The maximum absolute atomic E-state index is 11.5. The van der Waals surface area contributed by atoms with Gasteiger partial charge < -0.3 is 10.2 Å². The Bertz CT molecular complexity index is 268. The number of carbonyl (C=O) groups is 1. The summed E-state index contributed by atoms with van der Waals surface area (Å²) in [5, 5.41) is 4.90. The average molecular weight is 212 g/mol. The van der Waals surface area contributed by atoms with Crippen LogP contribution >= 0.6 is 11.3 Å². The molecule has 0 saturated carbocycles. The zero-order chi connectivity index (χ0) is 10.4. The number of nitrogens with one attached hydrogen (secondary N) is 1. The number of carbonyl (C=O) groups excluding carboxylic acids is 1. The number of thiophene rings is 1. The number of nitrogens with zero attached hydrogens (tertiary/aromatic N) is 1. The Morgan fingerprint density at radius 1 is 1.50 bits per heavy atom. The van der Waals surface area contributed by atoms with Crippen LogP contribution in [0.15, 0.2) is 17.5 Å². The molecule has 0 aromatic carbocycles. The molecule has 0 aliphatic rings. The maximum Gasteiger partial charge on any atom is 0.317 e. The quantitative estimate of drug-likeness (QED) is 0.816. The lowest BCUT2D eigenvalue weighted by molar-refractivity contribution is 0.203. The van der Waals surface area contributed by atoms with Gasteiger partial charge in [0.05, 0.1) is 6.54 Å². The Balaban J connectivity index is 2.34. The van der Waals surface area contributed by atoms with Crippen molar-refractivity contribution < 1.29 is 4.79 Å². The molecule has 0 fully saturated rings. The standard InChI is InChI=1S/C10H16N2OS/c1-3-12(4-2)10(13)11-8-9-6-5-7-14-9/h5-7H,3-4,8H2,1-2H3,(H,11,13). The molecule has 78 valence electrons. The van der Waals surface area contributed by atoms with Crippen molar-refractivity contribution in [3.05, 3.63) is 22.4 Å². The molecular weight excluding hydrogens is 196 g/mol. The largest absolute Gasteiger partial charge is 0.333 e. The van der Waals surface area contributed by atoms with Gasteiger partial charge in [-0.05, 0) is 25.3 Å². The van der Waals surface area contributed by atoms with Gasteiger partial charge in [-0.15, -0.1) is 11.3 Å². The van der Waals surface area contributed by atoms with Crippen LogP contribution < -0.4 is 5.32 Å². The van der Waals surface area contributed by atoms with Crippen molar-refractivity contribution in [2.45, 2.75) is 20.4 Å². The number of rotatable bonds is 4. The Morgan fingerprint density at radius 3 is 2.71 bits per heavy atom. The number of hydrogen-bond acceptors (Lipinski definition) is 2. The molecule has 0 atom stereocenters. The van der Waals surface area contributed by atoms with Crippen LogP contribution in [0.1, 0.15) is 18.7 Å². The predicted octanol–water partition coefficient (Wildman–Crippen LogP) is 2.30. The van der Waals surface area contributed by atoms with Crippen LogP contribution in [-0.4, -0.2) is 24.0 Å². The first-order valence-corrected chi connectivity index (χ1v) is 5.71. The second-order valence-corrected chi connectivity index (χ2v) is 3.94. The third-order valence-corrected chi connectivity index (χ3v) is 2.92. The highest BCUT2D eigenvalue weighted by Crippen LogP contribution is 2.07. The molecule has 4 heteroatoms. The lowest BCUT2D eigenvalue weighted by atomic mass is 10.4. The summed E-state index contributed by atoms with van der Waals surface area (Å²) in [6.45, 7) is 6.11. The van der Waals surface area contributed by atoms with Gasteiger partial charge in [0.1, 0.15) is 0 Å². The van der Waals surface area contributed by atoms with Gasteiger partial charge >= 0.3 is 6.03 Å². The first-order chi connectivity index (χ1) is 6.77. The zero-order valence-corrected chi connectivity index (χ0v) is 9.43. The molecule has 0 unspecified atom stereocenters. The normalized spacial score (nSPS) is 9.86. The SMILES string of the molecule is CCN(CC)C(=O)NCc1cccs1. The van der Waals surface area contributed by atoms with Crippen molar-refractivity contribution >= 4 is 17.4 Å². The van der Waals surface area contributed by atoms with Gasteiger partial charge in [0.2, 0.25) is 0 Å². The van der Waals surface area contributed by atoms with E-state index in [9.17, 15) is 4.79 Å². The highest BCUT2D eigenvalue weighted by molar-refractivity contribution is 7.09. The molecule has 1 heterocycles. The minimum absolute atomic E-state index is 0.0170. The summed E-state index contributed by atoms with van der Waals surface area (Å²) in [4.78, 5) is 14.5. The summed E-state index contributed by atoms with van der Waals surface area (Å²) in [7, 11) is 0. The highest BCUT2D eigenvalue weighted by atomic mass is 32.1. The van der Waals surface area contributed by atoms with E-state index in [0.717, 1.165) is 13.1 Å². The molecule has 0 spiro atoms. The van der Waals surface area contributed by atoms with Crippen molar-refractivity contribution in [1.29, 1.82) is 0 Å². The van der Waals surface area contributed by atoms with Crippen molar-refractivity contribution in [1.82, 2.24) is 10.2 Å². The molecule has 3 nitrogen and oxygen atoms in total. The van der Waals surface area contributed by atoms with Gasteiger partial charge in [-0.25, -0.2) is 4.79 Å². The Kier molecular flexibility index (Phi) is 4.46. The molecule has 0 bridgehead atoms. The smallest absolute Gasteiger partial charge is 0.317 e. The van der Waals surface area contributed by atoms with E-state index in [1.165, 1.54) is 4.88 Å². The third-order valence-electron chi connectivity index (χ3n) is 2.04. The summed E-state index contributed by atoms with van der Waals surface area (Å²) in [5.74, 6) is 0. The van der Waals surface area contributed by atoms with Gasteiger partial charge in [0, 0.05) is 18.0 Å². The molecule has 0 aliphatic carbocycles. The van der Waals surface area contributed by atoms with E-state index in [-0.39, 0.29) is 6.03 Å². The molecule has 0 saturated heterocycles. The van der Waals surface area contributed by atoms with Gasteiger partial charge in [-0.1, -0.05) is 6.07 Å². The average Bonchev–Trinajstić information content (AvgIpc) is 2.69. The summed E-state index contributed by atoms with van der Waals surface area (Å²) in [5.41, 5.74) is 0.